The SMILES string of the molecule is C#CCCCOc1cc(OC)ccc1CN. The molecule has 0 heterocycles. The predicted molar refractivity (Wildman–Crippen MR) is 64.4 cm³/mol. The van der Waals surface area contributed by atoms with Crippen molar-refractivity contribution in [1.29, 1.82) is 0 Å². The van der Waals surface area contributed by atoms with Crippen LogP contribution in [0, 0.1) is 12.3 Å². The van der Waals surface area contributed by atoms with Crippen molar-refractivity contribution < 1.29 is 9.47 Å². The molecule has 1 rings (SSSR count). The molecular weight excluding hydrogens is 202 g/mol. The summed E-state index contributed by atoms with van der Waals surface area (Å²) in [6.45, 7) is 1.05. The number of unbranched alkanes of at least 4 members (excludes halogenated alkanes) is 1. The van der Waals surface area contributed by atoms with E-state index in [1.807, 2.05) is 18.2 Å². The maximum Gasteiger partial charge on any atom is 0.127 e. The Morgan fingerprint density at radius 3 is 2.88 bits per heavy atom. The molecule has 0 atom stereocenters. The Morgan fingerprint density at radius 1 is 1.44 bits per heavy atom. The normalized spacial score (nSPS) is 9.56. The van der Waals surface area contributed by atoms with Crippen molar-refractivity contribution in [2.45, 2.75) is 19.4 Å². The monoisotopic (exact) mass is 219 g/mol. The number of rotatable bonds is 6. The molecule has 0 saturated heterocycles. The fraction of sp³-hybridized carbons (Fsp3) is 0.385. The smallest absolute Gasteiger partial charge is 0.127 e. The molecule has 3 heteroatoms. The van der Waals surface area contributed by atoms with E-state index >= 15 is 0 Å². The van der Waals surface area contributed by atoms with E-state index in [1.165, 1.54) is 0 Å². The summed E-state index contributed by atoms with van der Waals surface area (Å²) in [6.07, 6.45) is 6.73. The van der Waals surface area contributed by atoms with Gasteiger partial charge in [0.05, 0.1) is 13.7 Å². The summed E-state index contributed by atoms with van der Waals surface area (Å²) in [7, 11) is 1.62. The zero-order valence-corrected chi connectivity index (χ0v) is 9.53. The Kier molecular flexibility index (Phi) is 5.24. The first kappa shape index (κ1) is 12.4. The van der Waals surface area contributed by atoms with Gasteiger partial charge in [0, 0.05) is 24.6 Å². The summed E-state index contributed by atoms with van der Waals surface area (Å²) in [4.78, 5) is 0. The third-order valence-electron chi connectivity index (χ3n) is 2.22. The predicted octanol–water partition coefficient (Wildman–Crippen LogP) is 1.95. The quantitative estimate of drug-likeness (QED) is 0.587. The van der Waals surface area contributed by atoms with Crippen LogP contribution in [0.2, 0.25) is 0 Å². The second-order valence-electron chi connectivity index (χ2n) is 3.33. The first-order chi connectivity index (χ1) is 7.81. The Bertz CT molecular complexity index is 369. The molecule has 0 aliphatic heterocycles. The number of hydrogen-bond donors (Lipinski definition) is 1. The minimum atomic E-state index is 0.453. The molecule has 1 aromatic carbocycles. The molecule has 0 unspecified atom stereocenters. The van der Waals surface area contributed by atoms with Gasteiger partial charge < -0.3 is 15.2 Å². The molecule has 86 valence electrons. The molecule has 0 saturated carbocycles. The lowest BCUT2D eigenvalue weighted by atomic mass is 10.2. The molecule has 0 aliphatic rings. The molecule has 2 N–H and O–H groups in total. The van der Waals surface area contributed by atoms with Crippen molar-refractivity contribution in [2.24, 2.45) is 5.73 Å². The van der Waals surface area contributed by atoms with Crippen LogP contribution in [0.3, 0.4) is 0 Å². The van der Waals surface area contributed by atoms with Crippen molar-refractivity contribution in [3.05, 3.63) is 23.8 Å². The Balaban J connectivity index is 2.64. The number of terminal acetylenes is 1. The van der Waals surface area contributed by atoms with Crippen LogP contribution in [0.1, 0.15) is 18.4 Å². The summed E-state index contributed by atoms with van der Waals surface area (Å²) in [5.74, 6) is 4.12. The average molecular weight is 219 g/mol. The average Bonchev–Trinajstić information content (AvgIpc) is 2.34. The van der Waals surface area contributed by atoms with Crippen LogP contribution in [0.25, 0.3) is 0 Å². The lowest BCUT2D eigenvalue weighted by Gasteiger charge is -2.11. The molecule has 0 radical (unpaired) electrons. The van der Waals surface area contributed by atoms with E-state index in [2.05, 4.69) is 5.92 Å². The van der Waals surface area contributed by atoms with E-state index in [4.69, 9.17) is 21.6 Å². The number of hydrogen-bond acceptors (Lipinski definition) is 3. The van der Waals surface area contributed by atoms with Gasteiger partial charge in [-0.15, -0.1) is 12.3 Å². The fourth-order valence-electron chi connectivity index (χ4n) is 1.32. The summed E-state index contributed by atoms with van der Waals surface area (Å²) in [6, 6.07) is 5.63. The lowest BCUT2D eigenvalue weighted by molar-refractivity contribution is 0.307. The third-order valence-corrected chi connectivity index (χ3v) is 2.22. The van der Waals surface area contributed by atoms with Crippen LogP contribution in [0.5, 0.6) is 11.5 Å². The van der Waals surface area contributed by atoms with Gasteiger partial charge >= 0.3 is 0 Å². The maximum atomic E-state index is 5.62. The topological polar surface area (TPSA) is 44.5 Å². The van der Waals surface area contributed by atoms with Crippen molar-refractivity contribution in [3.8, 4) is 23.8 Å². The second-order valence-corrected chi connectivity index (χ2v) is 3.33. The van der Waals surface area contributed by atoms with Gasteiger partial charge in [-0.2, -0.15) is 0 Å². The summed E-state index contributed by atoms with van der Waals surface area (Å²) in [5, 5.41) is 0. The van der Waals surface area contributed by atoms with E-state index in [1.54, 1.807) is 7.11 Å². The minimum Gasteiger partial charge on any atom is -0.497 e. The van der Waals surface area contributed by atoms with Crippen LogP contribution in [-0.4, -0.2) is 13.7 Å². The first-order valence-electron chi connectivity index (χ1n) is 5.25. The van der Waals surface area contributed by atoms with Crippen LogP contribution in [0.4, 0.5) is 0 Å². The van der Waals surface area contributed by atoms with E-state index in [0.29, 0.717) is 13.2 Å². The molecule has 0 spiro atoms. The highest BCUT2D eigenvalue weighted by Gasteiger charge is 2.04. The van der Waals surface area contributed by atoms with Crippen molar-refractivity contribution in [2.75, 3.05) is 13.7 Å². The third kappa shape index (κ3) is 3.48. The molecule has 16 heavy (non-hydrogen) atoms. The van der Waals surface area contributed by atoms with Crippen LogP contribution in [0.15, 0.2) is 18.2 Å². The lowest BCUT2D eigenvalue weighted by Crippen LogP contribution is -2.04. The largest absolute Gasteiger partial charge is 0.497 e. The molecule has 0 aromatic heterocycles. The maximum absolute atomic E-state index is 5.62. The molecular formula is C13H17NO2. The van der Waals surface area contributed by atoms with Gasteiger partial charge in [0.2, 0.25) is 0 Å². The highest BCUT2D eigenvalue weighted by Crippen LogP contribution is 2.24. The molecule has 0 amide bonds. The highest BCUT2D eigenvalue weighted by molar-refractivity contribution is 5.40. The Morgan fingerprint density at radius 2 is 2.25 bits per heavy atom. The van der Waals surface area contributed by atoms with Gasteiger partial charge in [-0.05, 0) is 12.5 Å². The molecule has 0 aliphatic carbocycles. The standard InChI is InChI=1S/C13H17NO2/c1-3-4-5-8-16-13-9-12(15-2)7-6-11(13)10-14/h1,6-7,9H,4-5,8,10,14H2,2H3. The zero-order chi connectivity index (χ0) is 11.8. The van der Waals surface area contributed by atoms with Gasteiger partial charge in [-0.1, -0.05) is 6.07 Å². The van der Waals surface area contributed by atoms with Crippen LogP contribution in [-0.2, 0) is 6.54 Å². The highest BCUT2D eigenvalue weighted by atomic mass is 16.5. The van der Waals surface area contributed by atoms with Gasteiger partial charge in [0.25, 0.3) is 0 Å². The van der Waals surface area contributed by atoms with Crippen molar-refractivity contribution >= 4 is 0 Å². The van der Waals surface area contributed by atoms with Crippen molar-refractivity contribution in [1.82, 2.24) is 0 Å². The van der Waals surface area contributed by atoms with Crippen molar-refractivity contribution in [3.63, 3.8) is 0 Å². The Labute approximate surface area is 96.6 Å². The van der Waals surface area contributed by atoms with Gasteiger partial charge in [0.15, 0.2) is 0 Å². The summed E-state index contributed by atoms with van der Waals surface area (Å²) in [5.41, 5.74) is 6.59. The molecule has 0 bridgehead atoms. The van der Waals surface area contributed by atoms with Crippen LogP contribution < -0.4 is 15.2 Å². The second kappa shape index (κ2) is 6.76. The molecule has 0 fully saturated rings. The van der Waals surface area contributed by atoms with E-state index < -0.39 is 0 Å². The first-order valence-corrected chi connectivity index (χ1v) is 5.25. The molecule has 1 aromatic rings. The zero-order valence-electron chi connectivity index (χ0n) is 9.53. The fourth-order valence-corrected chi connectivity index (χ4v) is 1.32. The van der Waals surface area contributed by atoms with E-state index in [0.717, 1.165) is 29.9 Å². The number of methoxy groups -OCH3 is 1. The molecule has 3 nitrogen and oxygen atoms in total. The number of benzene rings is 1. The van der Waals surface area contributed by atoms with Gasteiger partial charge in [-0.25, -0.2) is 0 Å². The van der Waals surface area contributed by atoms with Crippen LogP contribution >= 0.6 is 0 Å². The van der Waals surface area contributed by atoms with Gasteiger partial charge in [0.1, 0.15) is 11.5 Å². The van der Waals surface area contributed by atoms with Gasteiger partial charge in [-0.3, -0.25) is 0 Å². The number of nitrogens with two attached hydrogens (primary N) is 1. The Hall–Kier alpha value is -1.66. The summed E-state index contributed by atoms with van der Waals surface area (Å²) < 4.78 is 10.7. The van der Waals surface area contributed by atoms with E-state index in [9.17, 15) is 0 Å². The van der Waals surface area contributed by atoms with E-state index in [-0.39, 0.29) is 0 Å². The number of ether oxygens (including phenoxy) is 2. The summed E-state index contributed by atoms with van der Waals surface area (Å²) >= 11 is 0. The minimum absolute atomic E-state index is 0.453.